The predicted molar refractivity (Wildman–Crippen MR) is 126 cm³/mol. The average molecular weight is 495 g/mol. The van der Waals surface area contributed by atoms with Crippen LogP contribution in [0.25, 0.3) is 17.0 Å². The minimum atomic E-state index is -0.471. The number of rotatable bonds is 6. The van der Waals surface area contributed by atoms with Gasteiger partial charge in [0.15, 0.2) is 0 Å². The number of carbonyl (C=O) groups excluding carboxylic acids is 1. The normalized spacial score (nSPS) is 11.8. The molecule has 0 aliphatic rings. The molecule has 32 heavy (non-hydrogen) atoms. The third kappa shape index (κ3) is 4.38. The first-order valence-corrected chi connectivity index (χ1v) is 10.1. The SMILES string of the molecule is CCOC(=O)c1cnn(-c2nc(OC)c3c(cnn3[C@@H](C)c3cc(Cl)ccc3Cl)n2)c1.S. The number of hydrogen-bond acceptors (Lipinski definition) is 7. The minimum absolute atomic E-state index is 0. The van der Waals surface area contributed by atoms with Crippen molar-refractivity contribution in [3.8, 4) is 11.8 Å². The van der Waals surface area contributed by atoms with E-state index in [2.05, 4.69) is 20.2 Å². The molecule has 0 radical (unpaired) electrons. The maximum atomic E-state index is 11.9. The fraction of sp³-hybridized carbons (Fsp3) is 0.250. The molecule has 0 amide bonds. The quantitative estimate of drug-likeness (QED) is 0.370. The third-order valence-electron chi connectivity index (χ3n) is 4.67. The summed E-state index contributed by atoms with van der Waals surface area (Å²) >= 11 is 12.5. The second-order valence-electron chi connectivity index (χ2n) is 6.59. The summed E-state index contributed by atoms with van der Waals surface area (Å²) < 4.78 is 13.6. The van der Waals surface area contributed by atoms with Crippen molar-refractivity contribution in [3.63, 3.8) is 0 Å². The number of carbonyl (C=O) groups is 1. The van der Waals surface area contributed by atoms with Gasteiger partial charge in [0.2, 0.25) is 5.88 Å². The Morgan fingerprint density at radius 1 is 1.19 bits per heavy atom. The van der Waals surface area contributed by atoms with E-state index in [-0.39, 0.29) is 32.1 Å². The molecule has 0 spiro atoms. The molecule has 0 bridgehead atoms. The van der Waals surface area contributed by atoms with Crippen LogP contribution < -0.4 is 4.74 Å². The van der Waals surface area contributed by atoms with Gasteiger partial charge in [-0.3, -0.25) is 4.68 Å². The maximum absolute atomic E-state index is 11.9. The van der Waals surface area contributed by atoms with Crippen molar-refractivity contribution in [2.75, 3.05) is 13.7 Å². The molecule has 168 valence electrons. The van der Waals surface area contributed by atoms with Crippen LogP contribution in [-0.2, 0) is 4.74 Å². The number of nitrogens with zero attached hydrogens (tertiary/aromatic N) is 6. The van der Waals surface area contributed by atoms with E-state index in [0.29, 0.717) is 32.5 Å². The summed E-state index contributed by atoms with van der Waals surface area (Å²) in [6.45, 7) is 3.95. The van der Waals surface area contributed by atoms with E-state index in [1.54, 1.807) is 36.0 Å². The molecule has 0 saturated carbocycles. The highest BCUT2D eigenvalue weighted by Gasteiger charge is 2.21. The first kappa shape index (κ1) is 23.8. The summed E-state index contributed by atoms with van der Waals surface area (Å²) in [5.74, 6) is 0.0606. The Bertz CT molecular complexity index is 1280. The molecule has 0 N–H and O–H groups in total. The molecule has 0 fully saturated rings. The standard InChI is InChI=1S/C20H18Cl2N6O3.H2S/c1-4-31-19(29)12-8-23-27(10-12)20-25-16-9-24-28(17(16)18(26-20)30-3)11(2)14-7-13(21)5-6-15(14)22;/h5-11H,4H2,1-3H3;1H2/t11-;/m0./s1. The lowest BCUT2D eigenvalue weighted by atomic mass is 10.1. The predicted octanol–water partition coefficient (Wildman–Crippen LogP) is 4.23. The van der Waals surface area contributed by atoms with Crippen molar-refractivity contribution in [1.29, 1.82) is 0 Å². The molecule has 4 aromatic rings. The number of methoxy groups -OCH3 is 1. The molecular formula is C20H20Cl2N6O3S. The number of aromatic nitrogens is 6. The van der Waals surface area contributed by atoms with Crippen LogP contribution in [-0.4, -0.2) is 49.2 Å². The Morgan fingerprint density at radius 3 is 2.69 bits per heavy atom. The van der Waals surface area contributed by atoms with Gasteiger partial charge >= 0.3 is 5.97 Å². The van der Waals surface area contributed by atoms with Crippen LogP contribution in [0.5, 0.6) is 5.88 Å². The number of esters is 1. The Kier molecular flexibility index (Phi) is 7.27. The van der Waals surface area contributed by atoms with E-state index in [4.69, 9.17) is 32.7 Å². The lowest BCUT2D eigenvalue weighted by Gasteiger charge is -2.16. The molecule has 12 heteroatoms. The van der Waals surface area contributed by atoms with Crippen LogP contribution in [0.15, 0.2) is 36.8 Å². The first-order valence-electron chi connectivity index (χ1n) is 9.39. The van der Waals surface area contributed by atoms with E-state index in [0.717, 1.165) is 5.56 Å². The van der Waals surface area contributed by atoms with Gasteiger partial charge in [0, 0.05) is 16.2 Å². The Labute approximate surface area is 200 Å². The zero-order valence-electron chi connectivity index (χ0n) is 17.4. The number of ether oxygens (including phenoxy) is 2. The van der Waals surface area contributed by atoms with Crippen molar-refractivity contribution >= 4 is 53.7 Å². The topological polar surface area (TPSA) is 97.0 Å². The van der Waals surface area contributed by atoms with Crippen molar-refractivity contribution in [2.24, 2.45) is 0 Å². The van der Waals surface area contributed by atoms with E-state index in [1.165, 1.54) is 24.2 Å². The van der Waals surface area contributed by atoms with E-state index in [9.17, 15) is 4.79 Å². The number of fused-ring (bicyclic) bond motifs is 1. The lowest BCUT2D eigenvalue weighted by Crippen LogP contribution is -2.11. The fourth-order valence-electron chi connectivity index (χ4n) is 3.18. The van der Waals surface area contributed by atoms with Gasteiger partial charge < -0.3 is 9.47 Å². The zero-order valence-corrected chi connectivity index (χ0v) is 19.9. The second kappa shape index (κ2) is 9.76. The highest BCUT2D eigenvalue weighted by atomic mass is 35.5. The van der Waals surface area contributed by atoms with Gasteiger partial charge in [-0.05, 0) is 37.6 Å². The van der Waals surface area contributed by atoms with Gasteiger partial charge in [0.05, 0.1) is 37.7 Å². The zero-order chi connectivity index (χ0) is 22.1. The third-order valence-corrected chi connectivity index (χ3v) is 5.25. The van der Waals surface area contributed by atoms with Gasteiger partial charge in [0.1, 0.15) is 11.0 Å². The molecule has 1 atom stereocenters. The highest BCUT2D eigenvalue weighted by Crippen LogP contribution is 2.32. The van der Waals surface area contributed by atoms with Crippen molar-refractivity contribution in [3.05, 3.63) is 58.0 Å². The molecule has 3 heterocycles. The molecule has 0 saturated heterocycles. The van der Waals surface area contributed by atoms with E-state index < -0.39 is 5.97 Å². The van der Waals surface area contributed by atoms with Crippen molar-refractivity contribution < 1.29 is 14.3 Å². The van der Waals surface area contributed by atoms with Crippen LogP contribution in [0.2, 0.25) is 10.0 Å². The van der Waals surface area contributed by atoms with Gasteiger partial charge in [0.25, 0.3) is 5.95 Å². The summed E-state index contributed by atoms with van der Waals surface area (Å²) in [7, 11) is 1.51. The van der Waals surface area contributed by atoms with E-state index >= 15 is 0 Å². The Hall–Kier alpha value is -2.82. The van der Waals surface area contributed by atoms with Crippen molar-refractivity contribution in [1.82, 2.24) is 29.5 Å². The average Bonchev–Trinajstić information content (AvgIpc) is 3.42. The molecule has 0 unspecified atom stereocenters. The van der Waals surface area contributed by atoms with Gasteiger partial charge in [-0.15, -0.1) is 0 Å². The summed E-state index contributed by atoms with van der Waals surface area (Å²) in [5.41, 5.74) is 2.23. The van der Waals surface area contributed by atoms with Gasteiger partial charge in [-0.1, -0.05) is 23.2 Å². The summed E-state index contributed by atoms with van der Waals surface area (Å²) in [5, 5.41) is 9.77. The van der Waals surface area contributed by atoms with Crippen LogP contribution >= 0.6 is 36.7 Å². The fourth-order valence-corrected chi connectivity index (χ4v) is 3.63. The lowest BCUT2D eigenvalue weighted by molar-refractivity contribution is 0.0526. The first-order chi connectivity index (χ1) is 14.9. The van der Waals surface area contributed by atoms with Crippen LogP contribution in [0.4, 0.5) is 0 Å². The summed E-state index contributed by atoms with van der Waals surface area (Å²) in [6.07, 6.45) is 4.50. The smallest absolute Gasteiger partial charge is 0.341 e. The molecule has 4 rings (SSSR count). The molecule has 0 aliphatic carbocycles. The second-order valence-corrected chi connectivity index (χ2v) is 7.44. The monoisotopic (exact) mass is 494 g/mol. The summed E-state index contributed by atoms with van der Waals surface area (Å²) in [4.78, 5) is 20.9. The highest BCUT2D eigenvalue weighted by molar-refractivity contribution is 7.59. The maximum Gasteiger partial charge on any atom is 0.341 e. The Morgan fingerprint density at radius 2 is 1.97 bits per heavy atom. The number of halogens is 2. The van der Waals surface area contributed by atoms with Crippen molar-refractivity contribution in [2.45, 2.75) is 19.9 Å². The number of benzene rings is 1. The van der Waals surface area contributed by atoms with Crippen LogP contribution in [0.3, 0.4) is 0 Å². The van der Waals surface area contributed by atoms with Gasteiger partial charge in [-0.25, -0.2) is 14.5 Å². The summed E-state index contributed by atoms with van der Waals surface area (Å²) in [6, 6.07) is 5.01. The molecule has 0 aliphatic heterocycles. The Balaban J connectivity index is 0.00000289. The molecule has 9 nitrogen and oxygen atoms in total. The molecule has 1 aromatic carbocycles. The van der Waals surface area contributed by atoms with E-state index in [1.807, 2.05) is 6.92 Å². The molecule has 3 aromatic heterocycles. The van der Waals surface area contributed by atoms with Crippen LogP contribution in [0.1, 0.15) is 35.8 Å². The number of hydrogen-bond donors (Lipinski definition) is 0. The van der Waals surface area contributed by atoms with Crippen LogP contribution in [0, 0.1) is 0 Å². The largest absolute Gasteiger partial charge is 0.479 e. The van der Waals surface area contributed by atoms with Gasteiger partial charge in [-0.2, -0.15) is 28.7 Å². The molecular weight excluding hydrogens is 475 g/mol. The minimum Gasteiger partial charge on any atom is -0.479 e.